The zero-order chi connectivity index (χ0) is 16.1. The van der Waals surface area contributed by atoms with Crippen molar-refractivity contribution in [1.82, 2.24) is 4.31 Å². The van der Waals surface area contributed by atoms with Crippen molar-refractivity contribution >= 4 is 21.7 Å². The van der Waals surface area contributed by atoms with Gasteiger partial charge in [-0.3, -0.25) is 9.59 Å². The maximum Gasteiger partial charge on any atom is 0.264 e. The molecule has 5 nitrogen and oxygen atoms in total. The molecule has 0 saturated carbocycles. The molecular weight excluding hydrogens is 302 g/mol. The van der Waals surface area contributed by atoms with E-state index in [4.69, 9.17) is 0 Å². The number of nitrogens with zero attached hydrogens (tertiary/aromatic N) is 1. The molecule has 3 rings (SSSR count). The fourth-order valence-corrected chi connectivity index (χ4v) is 4.61. The maximum absolute atomic E-state index is 12.5. The molecule has 0 aromatic heterocycles. The number of amides is 1. The first kappa shape index (κ1) is 14.7. The molecule has 2 aliphatic rings. The normalized spacial score (nSPS) is 28.1. The predicted molar refractivity (Wildman–Crippen MR) is 81.2 cm³/mol. The van der Waals surface area contributed by atoms with Crippen molar-refractivity contribution in [3.05, 3.63) is 60.2 Å². The van der Waals surface area contributed by atoms with Crippen LogP contribution in [0.3, 0.4) is 0 Å². The fraction of sp³-hybridized carbons (Fsp3) is 0.250. The van der Waals surface area contributed by atoms with Gasteiger partial charge in [-0.25, -0.2) is 12.7 Å². The lowest BCUT2D eigenvalue weighted by Gasteiger charge is -2.40. The Morgan fingerprint density at radius 3 is 2.45 bits per heavy atom. The third kappa shape index (κ3) is 1.87. The van der Waals surface area contributed by atoms with Gasteiger partial charge in [0.2, 0.25) is 10.0 Å². The highest BCUT2D eigenvalue weighted by molar-refractivity contribution is 7.89. The largest absolute Gasteiger partial charge is 0.295 e. The molecule has 1 heterocycles. The first-order valence-electron chi connectivity index (χ1n) is 6.79. The second-order valence-electron chi connectivity index (χ2n) is 5.61. The summed E-state index contributed by atoms with van der Waals surface area (Å²) in [6.07, 6.45) is 3.95. The molecule has 0 N–H and O–H groups in total. The first-order valence-corrected chi connectivity index (χ1v) is 8.64. The lowest BCUT2D eigenvalue weighted by molar-refractivity contribution is -0.123. The highest BCUT2D eigenvalue weighted by Crippen LogP contribution is 2.52. The van der Waals surface area contributed by atoms with E-state index in [1.807, 2.05) is 6.07 Å². The van der Waals surface area contributed by atoms with Gasteiger partial charge in [-0.1, -0.05) is 36.9 Å². The van der Waals surface area contributed by atoms with Crippen molar-refractivity contribution < 1.29 is 18.0 Å². The molecule has 1 fully saturated rings. The van der Waals surface area contributed by atoms with Crippen molar-refractivity contribution in [1.29, 1.82) is 0 Å². The minimum atomic E-state index is -3.82. The molecular formula is C16H15NO4S. The molecule has 6 heteroatoms. The highest BCUT2D eigenvalue weighted by Gasteiger charge is 2.59. The monoisotopic (exact) mass is 317 g/mol. The molecule has 1 saturated heterocycles. The molecule has 1 aromatic rings. The molecule has 1 unspecified atom stereocenters. The smallest absolute Gasteiger partial charge is 0.264 e. The van der Waals surface area contributed by atoms with Crippen LogP contribution in [0.4, 0.5) is 0 Å². The minimum Gasteiger partial charge on any atom is -0.295 e. The Bertz CT molecular complexity index is 810. The second kappa shape index (κ2) is 4.64. The molecule has 1 aliphatic heterocycles. The summed E-state index contributed by atoms with van der Waals surface area (Å²) in [4.78, 5) is 24.3. The number of hydrogen-bond acceptors (Lipinski definition) is 4. The van der Waals surface area contributed by atoms with Gasteiger partial charge in [-0.15, -0.1) is 0 Å². The van der Waals surface area contributed by atoms with E-state index in [2.05, 4.69) is 6.58 Å². The molecule has 2 atom stereocenters. The summed E-state index contributed by atoms with van der Waals surface area (Å²) in [5, 5.41) is 0. The first-order chi connectivity index (χ1) is 10.3. The van der Waals surface area contributed by atoms with Crippen molar-refractivity contribution in [2.45, 2.75) is 12.0 Å². The molecule has 114 valence electrons. The zero-order valence-corrected chi connectivity index (χ0v) is 12.8. The topological polar surface area (TPSA) is 71.5 Å². The number of carbonyl (C=O) groups excluding carboxylic acids is 2. The van der Waals surface area contributed by atoms with Gasteiger partial charge in [0.1, 0.15) is 5.54 Å². The van der Waals surface area contributed by atoms with E-state index in [1.54, 1.807) is 24.3 Å². The van der Waals surface area contributed by atoms with Crippen LogP contribution in [0.25, 0.3) is 0 Å². The summed E-state index contributed by atoms with van der Waals surface area (Å²) < 4.78 is 25.4. The summed E-state index contributed by atoms with van der Waals surface area (Å²) in [5.74, 6) is -1.36. The number of benzene rings is 1. The van der Waals surface area contributed by atoms with Crippen molar-refractivity contribution in [3.8, 4) is 0 Å². The number of fused-ring (bicyclic) bond motifs is 1. The van der Waals surface area contributed by atoms with Gasteiger partial charge in [-0.05, 0) is 17.7 Å². The molecule has 0 radical (unpaired) electrons. The SMILES string of the molecule is C=C1C(=O)N(S(C)(=O)=O)[C@]2(c3ccccc3)C=CC(=O)CC12. The number of rotatable bonds is 2. The van der Waals surface area contributed by atoms with Crippen LogP contribution in [-0.4, -0.2) is 30.7 Å². The Balaban J connectivity index is 2.36. The van der Waals surface area contributed by atoms with Crippen molar-refractivity contribution in [2.24, 2.45) is 5.92 Å². The van der Waals surface area contributed by atoms with E-state index in [9.17, 15) is 18.0 Å². The standard InChI is InChI=1S/C16H15NO4S/c1-11-14-10-13(18)8-9-16(14,12-6-4-3-5-7-12)17(15(11)19)22(2,20)21/h3-9,14H,1,10H2,2H3/t14?,16-/m0/s1. The van der Waals surface area contributed by atoms with Crippen LogP contribution in [0.5, 0.6) is 0 Å². The third-order valence-electron chi connectivity index (χ3n) is 4.24. The Morgan fingerprint density at radius 2 is 1.86 bits per heavy atom. The van der Waals surface area contributed by atoms with Gasteiger partial charge < -0.3 is 0 Å². The molecule has 1 amide bonds. The van der Waals surface area contributed by atoms with Crippen molar-refractivity contribution in [3.63, 3.8) is 0 Å². The van der Waals surface area contributed by atoms with Crippen LogP contribution in [0.15, 0.2) is 54.6 Å². The number of carbonyl (C=O) groups is 2. The van der Waals surface area contributed by atoms with Crippen LogP contribution >= 0.6 is 0 Å². The van der Waals surface area contributed by atoms with Gasteiger partial charge in [-0.2, -0.15) is 0 Å². The van der Waals surface area contributed by atoms with Crippen LogP contribution < -0.4 is 0 Å². The molecule has 0 bridgehead atoms. The maximum atomic E-state index is 12.5. The van der Waals surface area contributed by atoms with E-state index in [0.29, 0.717) is 5.56 Å². The van der Waals surface area contributed by atoms with Gasteiger partial charge >= 0.3 is 0 Å². The second-order valence-corrected chi connectivity index (χ2v) is 7.44. The van der Waals surface area contributed by atoms with E-state index in [1.165, 1.54) is 12.2 Å². The molecule has 1 aromatic carbocycles. The summed E-state index contributed by atoms with van der Waals surface area (Å²) in [5.41, 5.74) is -0.384. The van der Waals surface area contributed by atoms with Crippen LogP contribution in [0.2, 0.25) is 0 Å². The predicted octanol–water partition coefficient (Wildman–Crippen LogP) is 1.39. The van der Waals surface area contributed by atoms with E-state index < -0.39 is 27.4 Å². The molecule has 22 heavy (non-hydrogen) atoms. The average molecular weight is 317 g/mol. The summed E-state index contributed by atoms with van der Waals surface area (Å²) >= 11 is 0. The van der Waals surface area contributed by atoms with E-state index in [0.717, 1.165) is 10.6 Å². The van der Waals surface area contributed by atoms with Gasteiger partial charge in [0.25, 0.3) is 5.91 Å². The Labute approximate surface area is 129 Å². The number of ketones is 1. The van der Waals surface area contributed by atoms with Crippen LogP contribution in [-0.2, 0) is 25.2 Å². The minimum absolute atomic E-state index is 0.0714. The van der Waals surface area contributed by atoms with Gasteiger partial charge in [0.15, 0.2) is 5.78 Å². The lowest BCUT2D eigenvalue weighted by atomic mass is 9.72. The summed E-state index contributed by atoms with van der Waals surface area (Å²) in [6, 6.07) is 8.88. The molecule has 0 spiro atoms. The third-order valence-corrected chi connectivity index (χ3v) is 5.37. The van der Waals surface area contributed by atoms with Crippen molar-refractivity contribution in [2.75, 3.05) is 6.26 Å². The van der Waals surface area contributed by atoms with Gasteiger partial charge in [0, 0.05) is 17.9 Å². The van der Waals surface area contributed by atoms with Crippen LogP contribution in [0.1, 0.15) is 12.0 Å². The average Bonchev–Trinajstić information content (AvgIpc) is 2.69. The summed E-state index contributed by atoms with van der Waals surface area (Å²) in [6.45, 7) is 3.75. The summed E-state index contributed by atoms with van der Waals surface area (Å²) in [7, 11) is -3.82. The molecule has 1 aliphatic carbocycles. The fourth-order valence-electron chi connectivity index (χ4n) is 3.35. The van der Waals surface area contributed by atoms with E-state index in [-0.39, 0.29) is 17.8 Å². The lowest BCUT2D eigenvalue weighted by Crippen LogP contribution is -2.49. The zero-order valence-electron chi connectivity index (χ0n) is 12.0. The van der Waals surface area contributed by atoms with Gasteiger partial charge in [0.05, 0.1) is 6.26 Å². The number of allylic oxidation sites excluding steroid dienone is 1. The Kier molecular flexibility index (Phi) is 3.11. The Morgan fingerprint density at radius 1 is 1.23 bits per heavy atom. The van der Waals surface area contributed by atoms with Crippen LogP contribution in [0, 0.1) is 5.92 Å². The van der Waals surface area contributed by atoms with E-state index >= 15 is 0 Å². The highest BCUT2D eigenvalue weighted by atomic mass is 32.2. The number of sulfonamides is 1. The quantitative estimate of drug-likeness (QED) is 0.773. The Hall–Kier alpha value is -2.21. The number of hydrogen-bond donors (Lipinski definition) is 0.